The number of hydrogen-bond donors (Lipinski definition) is 2. The number of hydrogen-bond acceptors (Lipinski definition) is 5. The fourth-order valence-electron chi connectivity index (χ4n) is 1.96. The van der Waals surface area contributed by atoms with E-state index < -0.39 is 0 Å². The molecule has 0 bridgehead atoms. The van der Waals surface area contributed by atoms with Crippen molar-refractivity contribution in [2.24, 2.45) is 0 Å². The Balaban J connectivity index is 1.81. The van der Waals surface area contributed by atoms with E-state index in [1.807, 2.05) is 18.3 Å². The summed E-state index contributed by atoms with van der Waals surface area (Å²) in [6.45, 7) is 2.60. The fourth-order valence-corrected chi connectivity index (χ4v) is 1.96. The molecule has 1 aromatic carbocycles. The van der Waals surface area contributed by atoms with E-state index in [9.17, 15) is 0 Å². The Hall–Kier alpha value is -1.76. The van der Waals surface area contributed by atoms with E-state index in [0.717, 1.165) is 12.2 Å². The second-order valence-corrected chi connectivity index (χ2v) is 4.55. The predicted octanol–water partition coefficient (Wildman–Crippen LogP) is 0.707. The molecule has 6 heteroatoms. The van der Waals surface area contributed by atoms with Crippen molar-refractivity contribution >= 4 is 0 Å². The molecule has 1 heterocycles. The topological polar surface area (TPSA) is 72.2 Å². The number of aliphatic hydroxyl groups is 1. The van der Waals surface area contributed by atoms with Crippen LogP contribution < -0.4 is 5.32 Å². The molecule has 0 aliphatic heterocycles. The van der Waals surface area contributed by atoms with E-state index in [0.29, 0.717) is 19.7 Å². The average molecular weight is 276 g/mol. The molecule has 0 unspecified atom stereocenters. The molecule has 2 rings (SSSR count). The van der Waals surface area contributed by atoms with E-state index in [1.165, 1.54) is 11.1 Å². The Labute approximate surface area is 118 Å². The van der Waals surface area contributed by atoms with Gasteiger partial charge < -0.3 is 15.2 Å². The first-order valence-electron chi connectivity index (χ1n) is 6.59. The lowest BCUT2D eigenvalue weighted by Crippen LogP contribution is -2.13. The Kier molecular flexibility index (Phi) is 5.67. The van der Waals surface area contributed by atoms with Crippen LogP contribution in [0.3, 0.4) is 0 Å². The standard InChI is InChI=1S/C14H20N4O2/c1-20-11-13-4-2-3-12(7-13)8-15-9-14-10-18(5-6-19)17-16-14/h2-4,7,10,15,19H,5-6,8-9,11H2,1H3. The molecule has 0 atom stereocenters. The monoisotopic (exact) mass is 276 g/mol. The smallest absolute Gasteiger partial charge is 0.0964 e. The second-order valence-electron chi connectivity index (χ2n) is 4.55. The summed E-state index contributed by atoms with van der Waals surface area (Å²) >= 11 is 0. The predicted molar refractivity (Wildman–Crippen MR) is 74.8 cm³/mol. The fraction of sp³-hybridized carbons (Fsp3) is 0.429. The summed E-state index contributed by atoms with van der Waals surface area (Å²) in [6.07, 6.45) is 1.84. The molecule has 0 amide bonds. The van der Waals surface area contributed by atoms with Crippen molar-refractivity contribution in [1.29, 1.82) is 0 Å². The van der Waals surface area contributed by atoms with E-state index in [4.69, 9.17) is 9.84 Å². The highest BCUT2D eigenvalue weighted by Crippen LogP contribution is 2.06. The molecule has 0 aliphatic carbocycles. The minimum Gasteiger partial charge on any atom is -0.394 e. The number of rotatable bonds is 8. The first-order chi connectivity index (χ1) is 9.81. The van der Waals surface area contributed by atoms with Gasteiger partial charge in [-0.2, -0.15) is 0 Å². The average Bonchev–Trinajstić information content (AvgIpc) is 2.88. The van der Waals surface area contributed by atoms with Crippen LogP contribution in [0, 0.1) is 0 Å². The molecule has 2 N–H and O–H groups in total. The maximum atomic E-state index is 8.81. The van der Waals surface area contributed by atoms with E-state index in [-0.39, 0.29) is 6.61 Å². The zero-order valence-electron chi connectivity index (χ0n) is 11.6. The van der Waals surface area contributed by atoms with Crippen LogP contribution in [-0.2, 0) is 31.0 Å². The number of aromatic nitrogens is 3. The molecule has 0 saturated heterocycles. The third-order valence-electron chi connectivity index (χ3n) is 2.85. The van der Waals surface area contributed by atoms with Crippen LogP contribution in [0.1, 0.15) is 16.8 Å². The Morgan fingerprint density at radius 1 is 1.30 bits per heavy atom. The minimum atomic E-state index is 0.0719. The second kappa shape index (κ2) is 7.74. The SMILES string of the molecule is COCc1cccc(CNCc2cn(CCO)nn2)c1. The van der Waals surface area contributed by atoms with Gasteiger partial charge in [0.25, 0.3) is 0 Å². The minimum absolute atomic E-state index is 0.0719. The number of nitrogens with zero attached hydrogens (tertiary/aromatic N) is 3. The van der Waals surface area contributed by atoms with Gasteiger partial charge in [0.2, 0.25) is 0 Å². The van der Waals surface area contributed by atoms with Crippen LogP contribution in [-0.4, -0.2) is 33.8 Å². The molecule has 108 valence electrons. The molecule has 0 spiro atoms. The van der Waals surface area contributed by atoms with Gasteiger partial charge in [-0.05, 0) is 11.1 Å². The van der Waals surface area contributed by atoms with Crippen molar-refractivity contribution in [3.8, 4) is 0 Å². The van der Waals surface area contributed by atoms with Crippen LogP contribution in [0.5, 0.6) is 0 Å². The molecule has 0 radical (unpaired) electrons. The van der Waals surface area contributed by atoms with Gasteiger partial charge in [0.1, 0.15) is 0 Å². The van der Waals surface area contributed by atoms with Crippen LogP contribution in [0.4, 0.5) is 0 Å². The number of nitrogens with one attached hydrogen (secondary N) is 1. The van der Waals surface area contributed by atoms with Gasteiger partial charge in [0.15, 0.2) is 0 Å². The number of methoxy groups -OCH3 is 1. The van der Waals surface area contributed by atoms with Crippen molar-refractivity contribution < 1.29 is 9.84 Å². The van der Waals surface area contributed by atoms with Gasteiger partial charge >= 0.3 is 0 Å². The number of ether oxygens (including phenoxy) is 1. The van der Waals surface area contributed by atoms with E-state index >= 15 is 0 Å². The van der Waals surface area contributed by atoms with Crippen molar-refractivity contribution in [2.45, 2.75) is 26.2 Å². The normalized spacial score (nSPS) is 10.9. The van der Waals surface area contributed by atoms with Gasteiger partial charge in [-0.15, -0.1) is 5.10 Å². The molecular formula is C14H20N4O2. The van der Waals surface area contributed by atoms with Crippen molar-refractivity contribution in [2.75, 3.05) is 13.7 Å². The maximum absolute atomic E-state index is 8.81. The summed E-state index contributed by atoms with van der Waals surface area (Å²) in [4.78, 5) is 0. The summed E-state index contributed by atoms with van der Waals surface area (Å²) < 4.78 is 6.76. The quantitative estimate of drug-likeness (QED) is 0.743. The molecule has 0 aliphatic rings. The van der Waals surface area contributed by atoms with Crippen LogP contribution in [0.15, 0.2) is 30.5 Å². The lowest BCUT2D eigenvalue weighted by molar-refractivity contribution is 0.185. The lowest BCUT2D eigenvalue weighted by Gasteiger charge is -2.05. The molecule has 0 saturated carbocycles. The Bertz CT molecular complexity index is 527. The lowest BCUT2D eigenvalue weighted by atomic mass is 10.1. The first-order valence-corrected chi connectivity index (χ1v) is 6.59. The molecule has 6 nitrogen and oxygen atoms in total. The molecule has 2 aromatic rings. The molecule has 0 fully saturated rings. The molecule has 20 heavy (non-hydrogen) atoms. The van der Waals surface area contributed by atoms with E-state index in [2.05, 4.69) is 27.8 Å². The highest BCUT2D eigenvalue weighted by molar-refractivity contribution is 5.22. The van der Waals surface area contributed by atoms with E-state index in [1.54, 1.807) is 11.8 Å². The third-order valence-corrected chi connectivity index (χ3v) is 2.85. The summed E-state index contributed by atoms with van der Waals surface area (Å²) in [5, 5.41) is 20.1. The first kappa shape index (κ1) is 14.6. The number of benzene rings is 1. The number of aliphatic hydroxyl groups excluding tert-OH is 1. The van der Waals surface area contributed by atoms with Crippen LogP contribution >= 0.6 is 0 Å². The zero-order chi connectivity index (χ0) is 14.2. The van der Waals surface area contributed by atoms with Crippen LogP contribution in [0.2, 0.25) is 0 Å². The third kappa shape index (κ3) is 4.41. The van der Waals surface area contributed by atoms with Gasteiger partial charge in [-0.3, -0.25) is 0 Å². The summed E-state index contributed by atoms with van der Waals surface area (Å²) in [7, 11) is 1.70. The van der Waals surface area contributed by atoms with Crippen molar-refractivity contribution in [3.63, 3.8) is 0 Å². The highest BCUT2D eigenvalue weighted by Gasteiger charge is 2.01. The maximum Gasteiger partial charge on any atom is 0.0964 e. The summed E-state index contributed by atoms with van der Waals surface area (Å²) in [5.74, 6) is 0. The largest absolute Gasteiger partial charge is 0.394 e. The Morgan fingerprint density at radius 2 is 2.15 bits per heavy atom. The van der Waals surface area contributed by atoms with Crippen molar-refractivity contribution in [3.05, 3.63) is 47.3 Å². The summed E-state index contributed by atoms with van der Waals surface area (Å²) in [5.41, 5.74) is 3.24. The van der Waals surface area contributed by atoms with Gasteiger partial charge in [0.05, 0.1) is 25.5 Å². The van der Waals surface area contributed by atoms with Gasteiger partial charge in [-0.25, -0.2) is 4.68 Å². The van der Waals surface area contributed by atoms with Crippen LogP contribution in [0.25, 0.3) is 0 Å². The van der Waals surface area contributed by atoms with Crippen molar-refractivity contribution in [1.82, 2.24) is 20.3 Å². The summed E-state index contributed by atoms with van der Waals surface area (Å²) in [6, 6.07) is 8.28. The highest BCUT2D eigenvalue weighted by atomic mass is 16.5. The van der Waals surface area contributed by atoms with Gasteiger partial charge in [-0.1, -0.05) is 29.5 Å². The molecule has 1 aromatic heterocycles. The zero-order valence-corrected chi connectivity index (χ0v) is 11.6. The Morgan fingerprint density at radius 3 is 2.95 bits per heavy atom. The van der Waals surface area contributed by atoms with Gasteiger partial charge in [0, 0.05) is 26.4 Å². The molecular weight excluding hydrogens is 256 g/mol.